The highest BCUT2D eigenvalue weighted by molar-refractivity contribution is 5.98. The molecule has 1 aromatic heterocycles. The van der Waals surface area contributed by atoms with Crippen molar-refractivity contribution in [2.75, 3.05) is 13.1 Å². The van der Waals surface area contributed by atoms with Crippen molar-refractivity contribution in [3.05, 3.63) is 71.4 Å². The molecule has 0 aliphatic carbocycles. The zero-order valence-electron chi connectivity index (χ0n) is 14.9. The molecule has 0 radical (unpaired) electrons. The monoisotopic (exact) mass is 350 g/mol. The summed E-state index contributed by atoms with van der Waals surface area (Å²) >= 11 is 0. The van der Waals surface area contributed by atoms with E-state index in [-0.39, 0.29) is 11.9 Å². The van der Waals surface area contributed by atoms with Crippen LogP contribution in [0.15, 0.2) is 54.6 Å². The van der Waals surface area contributed by atoms with E-state index in [0.29, 0.717) is 18.8 Å². The van der Waals surface area contributed by atoms with Crippen LogP contribution >= 0.6 is 0 Å². The van der Waals surface area contributed by atoms with Gasteiger partial charge in [-0.3, -0.25) is 4.79 Å². The van der Waals surface area contributed by atoms with Crippen LogP contribution in [0.3, 0.4) is 0 Å². The minimum Gasteiger partial charge on any atom is -0.351 e. The van der Waals surface area contributed by atoms with Crippen molar-refractivity contribution in [2.24, 2.45) is 11.5 Å². The Morgan fingerprint density at radius 2 is 1.88 bits per heavy atom. The van der Waals surface area contributed by atoms with E-state index < -0.39 is 0 Å². The molecule has 0 saturated heterocycles. The molecule has 3 aromatic rings. The summed E-state index contributed by atoms with van der Waals surface area (Å²) in [5.41, 5.74) is 15.5. The van der Waals surface area contributed by atoms with Crippen LogP contribution in [-0.4, -0.2) is 30.0 Å². The van der Waals surface area contributed by atoms with Crippen LogP contribution in [-0.2, 0) is 6.42 Å². The minimum absolute atomic E-state index is 0.0654. The third-order valence-corrected chi connectivity index (χ3v) is 4.49. The van der Waals surface area contributed by atoms with Gasteiger partial charge in [-0.2, -0.15) is 0 Å². The second-order valence-corrected chi connectivity index (χ2v) is 6.67. The molecule has 5 nitrogen and oxygen atoms in total. The van der Waals surface area contributed by atoms with Crippen LogP contribution in [0.4, 0.5) is 0 Å². The Kier molecular flexibility index (Phi) is 6.04. The highest BCUT2D eigenvalue weighted by Crippen LogP contribution is 2.19. The summed E-state index contributed by atoms with van der Waals surface area (Å²) in [5, 5.41) is 3.91. The fourth-order valence-corrected chi connectivity index (χ4v) is 3.04. The maximum absolute atomic E-state index is 12.3. The van der Waals surface area contributed by atoms with Crippen molar-refractivity contribution in [3.8, 4) is 0 Å². The van der Waals surface area contributed by atoms with E-state index in [4.69, 9.17) is 11.5 Å². The van der Waals surface area contributed by atoms with Gasteiger partial charge in [-0.15, -0.1) is 0 Å². The van der Waals surface area contributed by atoms with E-state index in [9.17, 15) is 4.79 Å². The van der Waals surface area contributed by atoms with E-state index in [1.807, 2.05) is 30.3 Å². The predicted molar refractivity (Wildman–Crippen MR) is 106 cm³/mol. The molecule has 1 atom stereocenters. The Balaban J connectivity index is 1.66. The van der Waals surface area contributed by atoms with Gasteiger partial charge in [0.2, 0.25) is 0 Å². The van der Waals surface area contributed by atoms with Gasteiger partial charge in [0, 0.05) is 23.5 Å². The lowest BCUT2D eigenvalue weighted by molar-refractivity contribution is 0.0946. The second kappa shape index (κ2) is 8.65. The standard InChI is InChI=1S/C21H26N4O/c22-10-4-7-18(23)14-24-21(26)20-13-17-9-8-16(12-19(17)25-20)11-15-5-2-1-3-6-15/h1-3,5-6,8-9,12-13,18,25H,4,7,10-11,14,22-23H2,(H,24,26)/t18-/m0/s1. The molecular weight excluding hydrogens is 324 g/mol. The lowest BCUT2D eigenvalue weighted by Gasteiger charge is -2.11. The Labute approximate surface area is 153 Å². The number of H-pyrrole nitrogens is 1. The molecule has 3 rings (SSSR count). The molecular formula is C21H26N4O. The maximum atomic E-state index is 12.3. The smallest absolute Gasteiger partial charge is 0.267 e. The molecule has 26 heavy (non-hydrogen) atoms. The number of benzene rings is 2. The normalized spacial score (nSPS) is 12.2. The highest BCUT2D eigenvalue weighted by Gasteiger charge is 2.11. The molecule has 0 unspecified atom stereocenters. The van der Waals surface area contributed by atoms with Gasteiger partial charge in [-0.25, -0.2) is 0 Å². The largest absolute Gasteiger partial charge is 0.351 e. The number of amides is 1. The van der Waals surface area contributed by atoms with Crippen LogP contribution in [0.1, 0.15) is 34.5 Å². The molecule has 2 aromatic carbocycles. The Morgan fingerprint density at radius 3 is 2.65 bits per heavy atom. The van der Waals surface area contributed by atoms with Crippen molar-refractivity contribution in [1.82, 2.24) is 10.3 Å². The highest BCUT2D eigenvalue weighted by atomic mass is 16.1. The van der Waals surface area contributed by atoms with E-state index >= 15 is 0 Å². The second-order valence-electron chi connectivity index (χ2n) is 6.67. The van der Waals surface area contributed by atoms with Gasteiger partial charge in [0.05, 0.1) is 0 Å². The number of hydrogen-bond acceptors (Lipinski definition) is 3. The summed E-state index contributed by atoms with van der Waals surface area (Å²) < 4.78 is 0. The Bertz CT molecular complexity index is 857. The number of carbonyl (C=O) groups excluding carboxylic acids is 1. The molecule has 0 bridgehead atoms. The first-order chi connectivity index (χ1) is 12.7. The van der Waals surface area contributed by atoms with Crippen LogP contribution in [0.25, 0.3) is 10.9 Å². The molecule has 1 amide bonds. The zero-order chi connectivity index (χ0) is 18.4. The lowest BCUT2D eigenvalue weighted by atomic mass is 10.0. The number of rotatable bonds is 8. The first-order valence-electron chi connectivity index (χ1n) is 9.05. The fourth-order valence-electron chi connectivity index (χ4n) is 3.04. The third kappa shape index (κ3) is 4.71. The molecule has 1 heterocycles. The molecule has 0 spiro atoms. The first kappa shape index (κ1) is 18.2. The Hall–Kier alpha value is -2.63. The van der Waals surface area contributed by atoms with Crippen LogP contribution < -0.4 is 16.8 Å². The van der Waals surface area contributed by atoms with Gasteiger partial charge in [0.1, 0.15) is 5.69 Å². The van der Waals surface area contributed by atoms with Crippen LogP contribution in [0.5, 0.6) is 0 Å². The molecule has 5 heteroatoms. The van der Waals surface area contributed by atoms with Gasteiger partial charge in [0.15, 0.2) is 0 Å². The summed E-state index contributed by atoms with van der Waals surface area (Å²) in [6, 6.07) is 18.4. The van der Waals surface area contributed by atoms with Crippen molar-refractivity contribution in [1.29, 1.82) is 0 Å². The number of aromatic amines is 1. The predicted octanol–water partition coefficient (Wildman–Crippen LogP) is 2.55. The summed E-state index contributed by atoms with van der Waals surface area (Å²) in [4.78, 5) is 15.6. The summed E-state index contributed by atoms with van der Waals surface area (Å²) in [7, 11) is 0. The molecule has 136 valence electrons. The van der Waals surface area contributed by atoms with Gasteiger partial charge < -0.3 is 21.8 Å². The van der Waals surface area contributed by atoms with Gasteiger partial charge in [-0.1, -0.05) is 42.5 Å². The van der Waals surface area contributed by atoms with E-state index in [1.54, 1.807) is 0 Å². The number of nitrogens with one attached hydrogen (secondary N) is 2. The summed E-state index contributed by atoms with van der Waals surface area (Å²) in [5.74, 6) is -0.131. The summed E-state index contributed by atoms with van der Waals surface area (Å²) in [6.45, 7) is 1.07. The van der Waals surface area contributed by atoms with Crippen LogP contribution in [0.2, 0.25) is 0 Å². The van der Waals surface area contributed by atoms with Crippen molar-refractivity contribution in [3.63, 3.8) is 0 Å². The third-order valence-electron chi connectivity index (χ3n) is 4.49. The molecule has 0 aliphatic heterocycles. The Morgan fingerprint density at radius 1 is 1.08 bits per heavy atom. The lowest BCUT2D eigenvalue weighted by Crippen LogP contribution is -2.37. The number of carbonyl (C=O) groups is 1. The first-order valence-corrected chi connectivity index (χ1v) is 9.05. The zero-order valence-corrected chi connectivity index (χ0v) is 14.9. The molecule has 0 fully saturated rings. The SMILES string of the molecule is NCCC[C@H](N)CNC(=O)c1cc2ccc(Cc3ccccc3)cc2[nH]1. The topological polar surface area (TPSA) is 96.9 Å². The number of aromatic nitrogens is 1. The average molecular weight is 350 g/mol. The van der Waals surface area contributed by atoms with Gasteiger partial charge in [-0.05, 0) is 49.1 Å². The minimum atomic E-state index is -0.131. The van der Waals surface area contributed by atoms with Crippen molar-refractivity contribution >= 4 is 16.8 Å². The summed E-state index contributed by atoms with van der Waals surface area (Å²) in [6.07, 6.45) is 2.55. The number of hydrogen-bond donors (Lipinski definition) is 4. The molecule has 0 saturated carbocycles. The van der Waals surface area contributed by atoms with Gasteiger partial charge >= 0.3 is 0 Å². The average Bonchev–Trinajstić information content (AvgIpc) is 3.08. The van der Waals surface area contributed by atoms with E-state index in [0.717, 1.165) is 30.2 Å². The van der Waals surface area contributed by atoms with Gasteiger partial charge in [0.25, 0.3) is 5.91 Å². The molecule has 0 aliphatic rings. The quantitative estimate of drug-likeness (QED) is 0.503. The maximum Gasteiger partial charge on any atom is 0.267 e. The van der Waals surface area contributed by atoms with Crippen molar-refractivity contribution in [2.45, 2.75) is 25.3 Å². The molecule has 6 N–H and O–H groups in total. The van der Waals surface area contributed by atoms with E-state index in [2.05, 4.69) is 34.6 Å². The fraction of sp³-hybridized carbons (Fsp3) is 0.286. The van der Waals surface area contributed by atoms with Crippen molar-refractivity contribution < 1.29 is 4.79 Å². The van der Waals surface area contributed by atoms with Crippen LogP contribution in [0, 0.1) is 0 Å². The number of nitrogens with two attached hydrogens (primary N) is 2. The number of fused-ring (bicyclic) bond motifs is 1. The van der Waals surface area contributed by atoms with E-state index in [1.165, 1.54) is 11.1 Å².